The lowest BCUT2D eigenvalue weighted by Gasteiger charge is -2.37. The van der Waals surface area contributed by atoms with Crippen LogP contribution in [0.5, 0.6) is 0 Å². The summed E-state index contributed by atoms with van der Waals surface area (Å²) in [4.78, 5) is 43.6. The number of carbonyl (C=O) groups excluding carboxylic acids is 3. The molecule has 208 valence electrons. The first-order valence-corrected chi connectivity index (χ1v) is 14.4. The highest BCUT2D eigenvalue weighted by atomic mass is 19.1. The fourth-order valence-corrected chi connectivity index (χ4v) is 7.06. The van der Waals surface area contributed by atoms with Gasteiger partial charge in [-0.2, -0.15) is 0 Å². The molecule has 6 nitrogen and oxygen atoms in total. The van der Waals surface area contributed by atoms with Crippen LogP contribution in [0.1, 0.15) is 84.1 Å². The lowest BCUT2D eigenvalue weighted by atomic mass is 9.70. The maximum atomic E-state index is 14.1. The van der Waals surface area contributed by atoms with E-state index in [4.69, 9.17) is 0 Å². The molecule has 2 N–H and O–H groups in total. The molecule has 6 atom stereocenters. The zero-order chi connectivity index (χ0) is 27.6. The number of nitrogens with one attached hydrogen (secondary N) is 2. The molecule has 38 heavy (non-hydrogen) atoms. The first kappa shape index (κ1) is 28.5. The minimum atomic E-state index is -0.259. The Morgan fingerprint density at radius 3 is 2.61 bits per heavy atom. The number of aromatic amines is 1. The van der Waals surface area contributed by atoms with Crippen molar-refractivity contribution in [1.29, 1.82) is 0 Å². The highest BCUT2D eigenvalue weighted by Gasteiger charge is 2.47. The van der Waals surface area contributed by atoms with Crippen LogP contribution < -0.4 is 5.32 Å². The maximum absolute atomic E-state index is 14.1. The molecule has 1 aromatic heterocycles. The van der Waals surface area contributed by atoms with Crippen molar-refractivity contribution in [2.24, 2.45) is 23.7 Å². The maximum Gasteiger partial charge on any atom is 0.219 e. The van der Waals surface area contributed by atoms with Crippen LogP contribution in [0.25, 0.3) is 10.9 Å². The molecule has 2 fully saturated rings. The van der Waals surface area contributed by atoms with Crippen LogP contribution in [-0.2, 0) is 14.4 Å². The van der Waals surface area contributed by atoms with Gasteiger partial charge in [-0.05, 0) is 87.6 Å². The van der Waals surface area contributed by atoms with E-state index in [1.165, 1.54) is 6.07 Å². The van der Waals surface area contributed by atoms with Crippen molar-refractivity contribution >= 4 is 28.4 Å². The largest absolute Gasteiger partial charge is 0.361 e. The van der Waals surface area contributed by atoms with Gasteiger partial charge < -0.3 is 15.2 Å². The van der Waals surface area contributed by atoms with E-state index in [1.54, 1.807) is 26.1 Å². The fourth-order valence-electron chi connectivity index (χ4n) is 7.06. The Morgan fingerprint density at radius 1 is 1.16 bits per heavy atom. The normalized spacial score (nSPS) is 25.0. The van der Waals surface area contributed by atoms with Crippen molar-refractivity contribution in [2.75, 3.05) is 13.6 Å². The molecule has 0 bridgehead atoms. The lowest BCUT2D eigenvalue weighted by molar-refractivity contribution is -0.131. The van der Waals surface area contributed by atoms with Crippen molar-refractivity contribution in [1.82, 2.24) is 15.2 Å². The van der Waals surface area contributed by atoms with Gasteiger partial charge in [-0.3, -0.25) is 14.4 Å². The van der Waals surface area contributed by atoms with Gasteiger partial charge in [-0.15, -0.1) is 0 Å². The van der Waals surface area contributed by atoms with Gasteiger partial charge in [0.25, 0.3) is 0 Å². The third-order valence-corrected chi connectivity index (χ3v) is 9.32. The third kappa shape index (κ3) is 6.03. The number of fused-ring (bicyclic) bond motifs is 2. The second-order valence-corrected chi connectivity index (χ2v) is 12.0. The van der Waals surface area contributed by atoms with Gasteiger partial charge in [-0.1, -0.05) is 13.8 Å². The van der Waals surface area contributed by atoms with E-state index < -0.39 is 0 Å². The minimum Gasteiger partial charge on any atom is -0.361 e. The summed E-state index contributed by atoms with van der Waals surface area (Å²) in [6, 6.07) is 4.84. The number of halogens is 1. The molecule has 0 spiro atoms. The van der Waals surface area contributed by atoms with Crippen molar-refractivity contribution in [2.45, 2.75) is 90.6 Å². The van der Waals surface area contributed by atoms with Gasteiger partial charge in [0.05, 0.1) is 6.04 Å². The Hall–Kier alpha value is -2.54. The van der Waals surface area contributed by atoms with E-state index in [0.717, 1.165) is 48.6 Å². The van der Waals surface area contributed by atoms with Crippen LogP contribution in [0, 0.1) is 29.5 Å². The van der Waals surface area contributed by atoms with E-state index in [1.807, 2.05) is 18.0 Å². The molecule has 2 aromatic rings. The first-order valence-electron chi connectivity index (χ1n) is 14.4. The summed E-state index contributed by atoms with van der Waals surface area (Å²) in [5, 5.41) is 3.88. The number of H-pyrrole nitrogens is 1. The number of carbonyl (C=O) groups is 3. The van der Waals surface area contributed by atoms with Crippen LogP contribution in [-0.4, -0.2) is 53.0 Å². The predicted octanol–water partition coefficient (Wildman–Crippen LogP) is 5.62. The smallest absolute Gasteiger partial charge is 0.219 e. The highest BCUT2D eigenvalue weighted by molar-refractivity contribution is 5.85. The van der Waals surface area contributed by atoms with E-state index in [2.05, 4.69) is 24.1 Å². The monoisotopic (exact) mass is 525 g/mol. The molecule has 1 saturated carbocycles. The molecule has 1 aromatic carbocycles. The summed E-state index contributed by atoms with van der Waals surface area (Å²) in [5.74, 6) is 1.20. The van der Waals surface area contributed by atoms with E-state index >= 15 is 0 Å². The number of hydrogen-bond acceptors (Lipinski definition) is 4. The number of Topliss-reactive ketones (excluding diaryl/α,β-unsaturated/α-hetero) is 2. The second-order valence-electron chi connectivity index (χ2n) is 12.0. The predicted molar refractivity (Wildman–Crippen MR) is 148 cm³/mol. The summed E-state index contributed by atoms with van der Waals surface area (Å²) in [6.07, 6.45) is 7.26. The van der Waals surface area contributed by atoms with Crippen molar-refractivity contribution < 1.29 is 18.8 Å². The highest BCUT2D eigenvalue weighted by Crippen LogP contribution is 2.49. The fraction of sp³-hybridized carbons (Fsp3) is 0.645. The van der Waals surface area contributed by atoms with Crippen LogP contribution in [0.15, 0.2) is 24.4 Å². The molecule has 1 saturated heterocycles. The number of nitrogens with zero attached hydrogens (tertiary/aromatic N) is 1. The second kappa shape index (κ2) is 12.1. The molecular formula is C31H44FN3O3. The number of hydrogen-bond donors (Lipinski definition) is 2. The number of likely N-dealkylation sites (N-methyl/N-ethyl adjacent to an activating group) is 1. The van der Waals surface area contributed by atoms with Gasteiger partial charge in [0, 0.05) is 61.3 Å². The molecule has 2 heterocycles. The SMILES string of the molecule is CNC(C)C(=O)CCCC(C(=O)CC1CCC2C(C1)C(c1c[nH]c3ccc(F)cc13)CN2C(C)=O)C(C)C. The van der Waals surface area contributed by atoms with Crippen molar-refractivity contribution in [3.8, 4) is 0 Å². The topological polar surface area (TPSA) is 82.3 Å². The number of likely N-dealkylation sites (tertiary alicyclic amines) is 1. The zero-order valence-corrected chi connectivity index (χ0v) is 23.6. The third-order valence-electron chi connectivity index (χ3n) is 9.32. The standard InChI is InChI=1S/C31H44FN3O3/c1-18(2)23(7-6-8-30(37)19(3)33-5)31(38)14-21-9-12-29-25(13-21)27(17-35(29)20(4)36)26-16-34-28-11-10-22(32)15-24(26)28/h10-11,15-16,18-19,21,23,25,27,29,33-34H,6-9,12-14,17H2,1-5H3. The van der Waals surface area contributed by atoms with Gasteiger partial charge in [0.15, 0.2) is 0 Å². The Bertz CT molecular complexity index is 1160. The Kier molecular flexibility index (Phi) is 9.07. The molecular weight excluding hydrogens is 481 g/mol. The van der Waals surface area contributed by atoms with Crippen LogP contribution in [0.4, 0.5) is 4.39 Å². The minimum absolute atomic E-state index is 0.0323. The van der Waals surface area contributed by atoms with Crippen molar-refractivity contribution in [3.05, 3.63) is 35.8 Å². The van der Waals surface area contributed by atoms with Crippen molar-refractivity contribution in [3.63, 3.8) is 0 Å². The summed E-state index contributed by atoms with van der Waals surface area (Å²) >= 11 is 0. The number of aromatic nitrogens is 1. The number of rotatable bonds is 11. The summed E-state index contributed by atoms with van der Waals surface area (Å²) in [7, 11) is 1.79. The summed E-state index contributed by atoms with van der Waals surface area (Å²) < 4.78 is 14.1. The molecule has 1 amide bonds. The quantitative estimate of drug-likeness (QED) is 0.399. The molecule has 7 heteroatoms. The molecule has 4 rings (SSSR count). The van der Waals surface area contributed by atoms with Crippen LogP contribution in [0.3, 0.4) is 0 Å². The van der Waals surface area contributed by atoms with Gasteiger partial charge in [0.2, 0.25) is 5.91 Å². The summed E-state index contributed by atoms with van der Waals surface area (Å²) in [5.41, 5.74) is 1.98. The zero-order valence-electron chi connectivity index (χ0n) is 23.6. The number of amides is 1. The molecule has 0 radical (unpaired) electrons. The van der Waals surface area contributed by atoms with E-state index in [0.29, 0.717) is 25.2 Å². The molecule has 1 aliphatic heterocycles. The molecule has 2 aliphatic rings. The Morgan fingerprint density at radius 2 is 1.92 bits per heavy atom. The first-order chi connectivity index (χ1) is 18.1. The van der Waals surface area contributed by atoms with Gasteiger partial charge >= 0.3 is 0 Å². The lowest BCUT2D eigenvalue weighted by Crippen LogP contribution is -2.40. The number of benzene rings is 1. The van der Waals surface area contributed by atoms with Gasteiger partial charge in [0.1, 0.15) is 17.4 Å². The average Bonchev–Trinajstić information content (AvgIpc) is 3.46. The van der Waals surface area contributed by atoms with E-state index in [9.17, 15) is 18.8 Å². The van der Waals surface area contributed by atoms with E-state index in [-0.39, 0.29) is 59.2 Å². The molecule has 6 unspecified atom stereocenters. The number of ketones is 2. The summed E-state index contributed by atoms with van der Waals surface area (Å²) in [6.45, 7) is 8.36. The Labute approximate surface area is 226 Å². The average molecular weight is 526 g/mol. The Balaban J connectivity index is 1.45. The van der Waals surface area contributed by atoms with Crippen LogP contribution >= 0.6 is 0 Å². The van der Waals surface area contributed by atoms with Crippen LogP contribution in [0.2, 0.25) is 0 Å². The van der Waals surface area contributed by atoms with Gasteiger partial charge in [-0.25, -0.2) is 4.39 Å². The molecule has 1 aliphatic carbocycles.